The van der Waals surface area contributed by atoms with Gasteiger partial charge in [-0.2, -0.15) is 0 Å². The summed E-state index contributed by atoms with van der Waals surface area (Å²) < 4.78 is 28.6. The normalized spacial score (nSPS) is 23.8. The average Bonchev–Trinajstić information content (AvgIpc) is 3.55. The van der Waals surface area contributed by atoms with Gasteiger partial charge >= 0.3 is 5.97 Å². The molecule has 0 aliphatic heterocycles. The molecule has 0 saturated heterocycles. The molecule has 2 aliphatic rings. The lowest BCUT2D eigenvalue weighted by atomic mass is 9.63. The van der Waals surface area contributed by atoms with E-state index in [2.05, 4.69) is 72.8 Å². The highest BCUT2D eigenvalue weighted by Crippen LogP contribution is 2.56. The van der Waals surface area contributed by atoms with Crippen molar-refractivity contribution in [2.24, 2.45) is 34.5 Å². The summed E-state index contributed by atoms with van der Waals surface area (Å²) in [7, 11) is 0. The van der Waals surface area contributed by atoms with Gasteiger partial charge in [0.2, 0.25) is 0 Å². The number of carbonyl (C=O) groups is 1. The number of carbonyl (C=O) groups excluding carboxylic acids is 1. The average molecular weight is 859 g/mol. The Morgan fingerprint density at radius 1 is 0.590 bits per heavy atom. The summed E-state index contributed by atoms with van der Waals surface area (Å²) >= 11 is 0. The second-order valence-corrected chi connectivity index (χ2v) is 20.5. The number of hydrogen-bond donors (Lipinski definition) is 0. The van der Waals surface area contributed by atoms with E-state index in [1.54, 1.807) is 0 Å². The fourth-order valence-corrected chi connectivity index (χ4v) is 10.6. The molecule has 0 heterocycles. The zero-order valence-electron chi connectivity index (χ0n) is 41.6. The Kier molecular flexibility index (Phi) is 33.1. The summed E-state index contributed by atoms with van der Waals surface area (Å²) in [4.78, 5) is 12.6. The Bertz CT molecular complexity index is 1080. The van der Waals surface area contributed by atoms with Crippen molar-refractivity contribution in [1.82, 2.24) is 0 Å². The minimum atomic E-state index is -0.0687. The molecule has 2 saturated carbocycles. The highest BCUT2D eigenvalue weighted by molar-refractivity contribution is 5.69. The van der Waals surface area contributed by atoms with Crippen LogP contribution in [0.25, 0.3) is 0 Å². The van der Waals surface area contributed by atoms with Crippen LogP contribution in [-0.4, -0.2) is 64.9 Å². The molecule has 0 aromatic rings. The molecule has 0 spiro atoms. The molecule has 61 heavy (non-hydrogen) atoms. The van der Waals surface area contributed by atoms with Crippen molar-refractivity contribution >= 4 is 5.97 Å². The molecule has 0 aromatic heterocycles. The third-order valence-corrected chi connectivity index (χ3v) is 14.6. The largest absolute Gasteiger partial charge is 0.462 e. The van der Waals surface area contributed by atoms with Gasteiger partial charge in [0.05, 0.1) is 39.6 Å². The minimum Gasteiger partial charge on any atom is -0.462 e. The van der Waals surface area contributed by atoms with Crippen LogP contribution < -0.4 is 0 Å². The van der Waals surface area contributed by atoms with Crippen LogP contribution in [0.2, 0.25) is 0 Å². The Labute approximate surface area is 379 Å². The van der Waals surface area contributed by atoms with E-state index in [1.165, 1.54) is 141 Å². The maximum atomic E-state index is 12.6. The molecule has 4 atom stereocenters. The van der Waals surface area contributed by atoms with Crippen LogP contribution in [0.15, 0.2) is 24.3 Å². The maximum absolute atomic E-state index is 12.6. The molecule has 0 N–H and O–H groups in total. The summed E-state index contributed by atoms with van der Waals surface area (Å²) in [5.74, 6) is 3.39. The monoisotopic (exact) mass is 859 g/mol. The van der Waals surface area contributed by atoms with Crippen molar-refractivity contribution in [3.05, 3.63) is 24.3 Å². The van der Waals surface area contributed by atoms with Crippen LogP contribution in [-0.2, 0) is 28.5 Å². The first-order chi connectivity index (χ1) is 29.6. The molecule has 1 unspecified atom stereocenters. The zero-order valence-corrected chi connectivity index (χ0v) is 41.6. The Morgan fingerprint density at radius 2 is 1.16 bits per heavy atom. The number of rotatable bonds is 40. The number of esters is 1. The molecule has 6 heteroatoms. The Morgan fingerprint density at radius 3 is 1.77 bits per heavy atom. The van der Waals surface area contributed by atoms with Gasteiger partial charge < -0.3 is 23.7 Å². The third-order valence-electron chi connectivity index (χ3n) is 14.6. The van der Waals surface area contributed by atoms with Crippen molar-refractivity contribution < 1.29 is 28.5 Å². The quantitative estimate of drug-likeness (QED) is 0.0347. The second kappa shape index (κ2) is 36.1. The number of hydrogen-bond acceptors (Lipinski definition) is 6. The molecule has 0 aromatic carbocycles. The molecule has 0 radical (unpaired) electrons. The van der Waals surface area contributed by atoms with Gasteiger partial charge in [0.1, 0.15) is 6.10 Å². The second-order valence-electron chi connectivity index (χ2n) is 20.5. The molecule has 6 nitrogen and oxygen atoms in total. The molecular weight excluding hydrogens is 757 g/mol. The standard InChI is InChI=1S/C55H102O6/c1-8-10-11-12-13-14-15-16-17-18-19-20-21-22-23-24-40-57-42-44-59-46-47-60-45-43-58-41-26-31-53(56)61-51-34-38-54(6,39-35-51)36-27-37-55(7)50(28-9-2)32-33-52(55)49(5)30-25-29-48(3)4/h13-14,16-17,48-52H,8-12,15,18-47H2,1-7H3/b14-13-,17-16-/t49-,50?,51?,52-,54?,55+/m1/s1. The molecule has 2 rings (SSSR count). The number of unbranched alkanes of at least 4 members (excludes halogenated alkanes) is 9. The first-order valence-electron chi connectivity index (χ1n) is 26.4. The fraction of sp³-hybridized carbons (Fsp3) is 0.909. The lowest BCUT2D eigenvalue weighted by molar-refractivity contribution is -0.152. The van der Waals surface area contributed by atoms with Crippen LogP contribution in [0, 0.1) is 34.5 Å². The molecule has 2 fully saturated rings. The first-order valence-corrected chi connectivity index (χ1v) is 26.4. The van der Waals surface area contributed by atoms with Gasteiger partial charge in [0.15, 0.2) is 0 Å². The molecule has 2 aliphatic carbocycles. The van der Waals surface area contributed by atoms with E-state index in [-0.39, 0.29) is 12.1 Å². The molecule has 0 amide bonds. The van der Waals surface area contributed by atoms with Gasteiger partial charge in [-0.25, -0.2) is 0 Å². The van der Waals surface area contributed by atoms with Crippen molar-refractivity contribution in [3.63, 3.8) is 0 Å². The summed E-state index contributed by atoms with van der Waals surface area (Å²) in [6.45, 7) is 21.9. The Balaban J connectivity index is 1.37. The van der Waals surface area contributed by atoms with Gasteiger partial charge in [0.25, 0.3) is 0 Å². The molecular formula is C55H102O6. The predicted molar refractivity (Wildman–Crippen MR) is 259 cm³/mol. The van der Waals surface area contributed by atoms with E-state index in [0.717, 1.165) is 56.0 Å². The van der Waals surface area contributed by atoms with Gasteiger partial charge in [0, 0.05) is 19.6 Å². The van der Waals surface area contributed by atoms with Gasteiger partial charge in [-0.1, -0.05) is 150 Å². The minimum absolute atomic E-state index is 0.0687. The summed E-state index contributed by atoms with van der Waals surface area (Å²) in [6.07, 6.45) is 43.9. The molecule has 0 bridgehead atoms. The zero-order chi connectivity index (χ0) is 44.3. The van der Waals surface area contributed by atoms with E-state index in [9.17, 15) is 4.79 Å². The lowest BCUT2D eigenvalue weighted by Gasteiger charge is -2.42. The van der Waals surface area contributed by atoms with Crippen LogP contribution >= 0.6 is 0 Å². The van der Waals surface area contributed by atoms with Crippen molar-refractivity contribution in [2.75, 3.05) is 52.9 Å². The fourth-order valence-electron chi connectivity index (χ4n) is 10.6. The van der Waals surface area contributed by atoms with Crippen molar-refractivity contribution in [3.8, 4) is 0 Å². The van der Waals surface area contributed by atoms with E-state index in [4.69, 9.17) is 23.7 Å². The maximum Gasteiger partial charge on any atom is 0.306 e. The number of ether oxygens (including phenoxy) is 5. The van der Waals surface area contributed by atoms with Gasteiger partial charge in [-0.3, -0.25) is 4.79 Å². The number of allylic oxidation sites excluding steroid dienone is 4. The Hall–Kier alpha value is -1.21. The highest BCUT2D eigenvalue weighted by Gasteiger charge is 2.47. The van der Waals surface area contributed by atoms with E-state index >= 15 is 0 Å². The smallest absolute Gasteiger partial charge is 0.306 e. The van der Waals surface area contributed by atoms with Crippen molar-refractivity contribution in [2.45, 2.75) is 234 Å². The van der Waals surface area contributed by atoms with Crippen LogP contribution in [0.1, 0.15) is 228 Å². The molecule has 358 valence electrons. The van der Waals surface area contributed by atoms with Crippen LogP contribution in [0.3, 0.4) is 0 Å². The van der Waals surface area contributed by atoms with E-state index in [0.29, 0.717) is 69.9 Å². The van der Waals surface area contributed by atoms with E-state index in [1.807, 2.05) is 0 Å². The predicted octanol–water partition coefficient (Wildman–Crippen LogP) is 15.6. The van der Waals surface area contributed by atoms with Gasteiger partial charge in [-0.05, 0) is 131 Å². The third kappa shape index (κ3) is 27.0. The summed E-state index contributed by atoms with van der Waals surface area (Å²) in [6, 6.07) is 0. The first kappa shape index (κ1) is 55.9. The van der Waals surface area contributed by atoms with Crippen LogP contribution in [0.4, 0.5) is 0 Å². The van der Waals surface area contributed by atoms with Gasteiger partial charge in [-0.15, -0.1) is 0 Å². The van der Waals surface area contributed by atoms with Crippen molar-refractivity contribution in [1.29, 1.82) is 0 Å². The summed E-state index contributed by atoms with van der Waals surface area (Å²) in [5.41, 5.74) is 0.885. The topological polar surface area (TPSA) is 63.2 Å². The van der Waals surface area contributed by atoms with E-state index < -0.39 is 0 Å². The van der Waals surface area contributed by atoms with Crippen LogP contribution in [0.5, 0.6) is 0 Å². The highest BCUT2D eigenvalue weighted by atomic mass is 16.6. The SMILES string of the molecule is CCCCC/C=C\C/C=C\CCCCCCCCOCCOCCOCCOCCCC(=O)OC1CCC(C)(CCC[C@@]2(C)C(CCC)CC[C@@H]2[C@H](C)CCCC(C)C)CC1. The summed E-state index contributed by atoms with van der Waals surface area (Å²) in [5, 5.41) is 0. The lowest BCUT2D eigenvalue weighted by Crippen LogP contribution is -2.34.